The lowest BCUT2D eigenvalue weighted by Gasteiger charge is -2.31. The maximum absolute atomic E-state index is 9.25. The smallest absolute Gasteiger partial charge is 0.0643 e. The van der Waals surface area contributed by atoms with E-state index in [0.29, 0.717) is 6.04 Å². The first-order valence-electron chi connectivity index (χ1n) is 5.37. The molecule has 0 radical (unpaired) electrons. The Kier molecular flexibility index (Phi) is 3.72. The second-order valence-electron chi connectivity index (χ2n) is 3.97. The van der Waals surface area contributed by atoms with Gasteiger partial charge in [-0.2, -0.15) is 0 Å². The van der Waals surface area contributed by atoms with Crippen molar-refractivity contribution in [2.75, 3.05) is 19.8 Å². The van der Waals surface area contributed by atoms with Crippen molar-refractivity contribution in [3.05, 3.63) is 35.9 Å². The van der Waals surface area contributed by atoms with E-state index in [0.717, 1.165) is 19.6 Å². The normalized spacial score (nSPS) is 18.5. The summed E-state index contributed by atoms with van der Waals surface area (Å²) in [5.41, 5.74) is 1.25. The lowest BCUT2D eigenvalue weighted by Crippen LogP contribution is -2.52. The maximum atomic E-state index is 9.25. The van der Waals surface area contributed by atoms with Crippen LogP contribution in [0.4, 0.5) is 0 Å². The van der Waals surface area contributed by atoms with Crippen molar-refractivity contribution in [1.82, 2.24) is 5.32 Å². The van der Waals surface area contributed by atoms with Crippen molar-refractivity contribution in [1.29, 1.82) is 0 Å². The van der Waals surface area contributed by atoms with Crippen LogP contribution in [0.2, 0.25) is 0 Å². The van der Waals surface area contributed by atoms with Crippen LogP contribution >= 0.6 is 0 Å². The third-order valence-electron chi connectivity index (χ3n) is 2.65. The molecule has 0 bridgehead atoms. The molecule has 0 amide bonds. The van der Waals surface area contributed by atoms with Gasteiger partial charge >= 0.3 is 0 Å². The van der Waals surface area contributed by atoms with E-state index >= 15 is 0 Å². The minimum Gasteiger partial charge on any atom is -0.395 e. The fourth-order valence-corrected chi connectivity index (χ4v) is 1.74. The molecule has 2 N–H and O–H groups in total. The van der Waals surface area contributed by atoms with E-state index in [-0.39, 0.29) is 12.6 Å². The molecule has 1 atom stereocenters. The van der Waals surface area contributed by atoms with Gasteiger partial charge < -0.3 is 15.2 Å². The van der Waals surface area contributed by atoms with Gasteiger partial charge in [-0.25, -0.2) is 0 Å². The molecule has 2 rings (SSSR count). The van der Waals surface area contributed by atoms with E-state index in [1.807, 2.05) is 18.2 Å². The van der Waals surface area contributed by atoms with E-state index in [9.17, 15) is 5.11 Å². The molecule has 1 saturated heterocycles. The van der Waals surface area contributed by atoms with Gasteiger partial charge in [0.15, 0.2) is 0 Å². The second-order valence-corrected chi connectivity index (χ2v) is 3.97. The zero-order valence-electron chi connectivity index (χ0n) is 8.73. The molecule has 0 spiro atoms. The van der Waals surface area contributed by atoms with Gasteiger partial charge in [-0.05, 0) is 12.0 Å². The van der Waals surface area contributed by atoms with Crippen molar-refractivity contribution in [3.63, 3.8) is 0 Å². The van der Waals surface area contributed by atoms with Crippen molar-refractivity contribution < 1.29 is 9.84 Å². The zero-order chi connectivity index (χ0) is 10.5. The van der Waals surface area contributed by atoms with E-state index < -0.39 is 0 Å². The van der Waals surface area contributed by atoms with E-state index in [2.05, 4.69) is 17.4 Å². The Labute approximate surface area is 90.1 Å². The summed E-state index contributed by atoms with van der Waals surface area (Å²) in [5.74, 6) is 0. The fraction of sp³-hybridized carbons (Fsp3) is 0.500. The van der Waals surface area contributed by atoms with Crippen LogP contribution in [0.3, 0.4) is 0 Å². The van der Waals surface area contributed by atoms with Crippen LogP contribution < -0.4 is 5.32 Å². The topological polar surface area (TPSA) is 41.5 Å². The molecule has 0 unspecified atom stereocenters. The highest BCUT2D eigenvalue weighted by molar-refractivity contribution is 5.16. The largest absolute Gasteiger partial charge is 0.395 e. The minimum absolute atomic E-state index is 0.140. The molecule has 1 aromatic carbocycles. The first-order valence-corrected chi connectivity index (χ1v) is 5.37. The number of hydrogen-bond donors (Lipinski definition) is 2. The molecular formula is C12H17NO2. The van der Waals surface area contributed by atoms with Crippen molar-refractivity contribution in [3.8, 4) is 0 Å². The molecule has 3 heteroatoms. The lowest BCUT2D eigenvalue weighted by atomic mass is 10.1. The Morgan fingerprint density at radius 1 is 1.33 bits per heavy atom. The number of ether oxygens (including phenoxy) is 1. The highest BCUT2D eigenvalue weighted by atomic mass is 16.5. The molecule has 1 aromatic rings. The van der Waals surface area contributed by atoms with Crippen molar-refractivity contribution in [2.45, 2.75) is 18.5 Å². The number of aliphatic hydroxyl groups is 1. The molecule has 15 heavy (non-hydrogen) atoms. The molecule has 1 aliphatic heterocycles. The Balaban J connectivity index is 1.84. The van der Waals surface area contributed by atoms with Crippen molar-refractivity contribution in [2.24, 2.45) is 0 Å². The molecule has 82 valence electrons. The molecule has 1 aliphatic rings. The third-order valence-corrected chi connectivity index (χ3v) is 2.65. The molecule has 0 saturated carbocycles. The first-order chi connectivity index (χ1) is 7.38. The average Bonchev–Trinajstić information content (AvgIpc) is 2.23. The van der Waals surface area contributed by atoms with Gasteiger partial charge in [0.05, 0.1) is 25.9 Å². The quantitative estimate of drug-likeness (QED) is 0.742. The summed E-state index contributed by atoms with van der Waals surface area (Å²) in [5, 5.41) is 12.6. The minimum atomic E-state index is 0.140. The summed E-state index contributed by atoms with van der Waals surface area (Å²) in [6, 6.07) is 10.8. The SMILES string of the molecule is OC[C@H](Cc1ccccc1)NC1COC1. The molecule has 0 aromatic heterocycles. The zero-order valence-corrected chi connectivity index (χ0v) is 8.73. The number of hydrogen-bond acceptors (Lipinski definition) is 3. The third kappa shape index (κ3) is 3.02. The van der Waals surface area contributed by atoms with Crippen LogP contribution in [0, 0.1) is 0 Å². The summed E-state index contributed by atoms with van der Waals surface area (Å²) in [4.78, 5) is 0. The van der Waals surface area contributed by atoms with Crippen LogP contribution in [-0.4, -0.2) is 37.0 Å². The van der Waals surface area contributed by atoms with Crippen LogP contribution in [0.15, 0.2) is 30.3 Å². The van der Waals surface area contributed by atoms with E-state index in [1.54, 1.807) is 0 Å². The summed E-state index contributed by atoms with van der Waals surface area (Å²) < 4.78 is 5.09. The average molecular weight is 207 g/mol. The van der Waals surface area contributed by atoms with Gasteiger partial charge in [-0.1, -0.05) is 30.3 Å². The standard InChI is InChI=1S/C12H17NO2/c14-7-11(13-12-8-15-9-12)6-10-4-2-1-3-5-10/h1-5,11-14H,6-9H2/t11-/m0/s1. The molecule has 1 fully saturated rings. The maximum Gasteiger partial charge on any atom is 0.0643 e. The fourth-order valence-electron chi connectivity index (χ4n) is 1.74. The summed E-state index contributed by atoms with van der Waals surface area (Å²) in [7, 11) is 0. The Morgan fingerprint density at radius 2 is 2.07 bits per heavy atom. The van der Waals surface area contributed by atoms with E-state index in [4.69, 9.17) is 4.74 Å². The highest BCUT2D eigenvalue weighted by Crippen LogP contribution is 2.06. The van der Waals surface area contributed by atoms with Gasteiger partial charge in [0.25, 0.3) is 0 Å². The molecular weight excluding hydrogens is 190 g/mol. The van der Waals surface area contributed by atoms with Gasteiger partial charge in [0.2, 0.25) is 0 Å². The van der Waals surface area contributed by atoms with Crippen LogP contribution in [0.1, 0.15) is 5.56 Å². The summed E-state index contributed by atoms with van der Waals surface area (Å²) >= 11 is 0. The molecule has 1 heterocycles. The monoisotopic (exact) mass is 207 g/mol. The number of benzene rings is 1. The summed E-state index contributed by atoms with van der Waals surface area (Å²) in [6.45, 7) is 1.71. The van der Waals surface area contributed by atoms with Crippen molar-refractivity contribution >= 4 is 0 Å². The van der Waals surface area contributed by atoms with Gasteiger partial charge in [0, 0.05) is 6.04 Å². The Bertz CT molecular complexity index is 285. The number of aliphatic hydroxyl groups excluding tert-OH is 1. The Hall–Kier alpha value is -0.900. The molecule has 0 aliphatic carbocycles. The molecule has 3 nitrogen and oxygen atoms in total. The van der Waals surface area contributed by atoms with Crippen LogP contribution in [-0.2, 0) is 11.2 Å². The van der Waals surface area contributed by atoms with Crippen LogP contribution in [0.5, 0.6) is 0 Å². The van der Waals surface area contributed by atoms with Crippen LogP contribution in [0.25, 0.3) is 0 Å². The second kappa shape index (κ2) is 5.26. The predicted molar refractivity (Wildman–Crippen MR) is 58.8 cm³/mol. The summed E-state index contributed by atoms with van der Waals surface area (Å²) in [6.07, 6.45) is 0.869. The van der Waals surface area contributed by atoms with E-state index in [1.165, 1.54) is 5.56 Å². The Morgan fingerprint density at radius 3 is 2.60 bits per heavy atom. The lowest BCUT2D eigenvalue weighted by molar-refractivity contribution is -0.0129. The number of rotatable bonds is 5. The van der Waals surface area contributed by atoms with Gasteiger partial charge in [0.1, 0.15) is 0 Å². The van der Waals surface area contributed by atoms with Gasteiger partial charge in [-0.15, -0.1) is 0 Å². The van der Waals surface area contributed by atoms with Gasteiger partial charge in [-0.3, -0.25) is 0 Å². The predicted octanol–water partition coefficient (Wildman–Crippen LogP) is 0.578. The highest BCUT2D eigenvalue weighted by Gasteiger charge is 2.21. The number of nitrogens with one attached hydrogen (secondary N) is 1. The first kappa shape index (κ1) is 10.6.